The number of hydrogen-bond donors (Lipinski definition) is 3. The molecule has 0 aliphatic heterocycles. The van der Waals surface area contributed by atoms with Gasteiger partial charge in [-0.3, -0.25) is 15.1 Å². The Morgan fingerprint density at radius 3 is 2.26 bits per heavy atom. The highest BCUT2D eigenvalue weighted by Gasteiger charge is 2.18. The molecule has 1 aromatic heterocycles. The van der Waals surface area contributed by atoms with Crippen LogP contribution in [-0.2, 0) is 4.79 Å². The Balaban J connectivity index is 1.42. The van der Waals surface area contributed by atoms with Crippen molar-refractivity contribution in [3.05, 3.63) is 84.6 Å². The molecule has 3 amide bonds. The monoisotopic (exact) mass is 489 g/mol. The average molecular weight is 490 g/mol. The van der Waals surface area contributed by atoms with Crippen molar-refractivity contribution in [3.8, 4) is 23.0 Å². The van der Waals surface area contributed by atoms with Crippen LogP contribution < -0.4 is 24.8 Å². The van der Waals surface area contributed by atoms with Crippen LogP contribution in [0.3, 0.4) is 0 Å². The average Bonchev–Trinajstić information content (AvgIpc) is 2.89. The molecule has 2 N–H and O–H groups in total. The van der Waals surface area contributed by atoms with Gasteiger partial charge in [-0.05, 0) is 42.0 Å². The van der Waals surface area contributed by atoms with Crippen molar-refractivity contribution in [1.29, 1.82) is 0 Å². The molecule has 0 radical (unpaired) electrons. The topological polar surface area (TPSA) is 98.8 Å². The number of thiol groups is 1. The van der Waals surface area contributed by atoms with Crippen LogP contribution in [0.4, 0.5) is 10.5 Å². The van der Waals surface area contributed by atoms with E-state index in [1.807, 2.05) is 6.07 Å². The number of carbonyl (C=O) groups excluding carboxylic acids is 2. The number of ether oxygens (including phenoxy) is 3. The van der Waals surface area contributed by atoms with Gasteiger partial charge >= 0.3 is 6.03 Å². The Bertz CT molecular complexity index is 1350. The summed E-state index contributed by atoms with van der Waals surface area (Å²) in [5.41, 5.74) is 1.88. The molecule has 0 saturated heterocycles. The number of rotatable bonds is 7. The molecule has 1 atom stereocenters. The number of anilines is 1. The van der Waals surface area contributed by atoms with Crippen molar-refractivity contribution < 1.29 is 23.8 Å². The third-order valence-electron chi connectivity index (χ3n) is 5.15. The number of amides is 3. The minimum Gasteiger partial charge on any atom is -0.493 e. The van der Waals surface area contributed by atoms with Crippen molar-refractivity contribution in [1.82, 2.24) is 10.3 Å². The molecule has 178 valence electrons. The van der Waals surface area contributed by atoms with E-state index in [0.717, 1.165) is 5.39 Å². The summed E-state index contributed by atoms with van der Waals surface area (Å²) < 4.78 is 16.8. The van der Waals surface area contributed by atoms with Crippen LogP contribution in [0.5, 0.6) is 23.0 Å². The lowest BCUT2D eigenvalue weighted by Crippen LogP contribution is -2.36. The number of urea groups is 1. The summed E-state index contributed by atoms with van der Waals surface area (Å²) in [6, 6.07) is 20.4. The number of methoxy groups -OCH3 is 2. The lowest BCUT2D eigenvalue weighted by atomic mass is 10.1. The van der Waals surface area contributed by atoms with Crippen molar-refractivity contribution in [2.24, 2.45) is 0 Å². The fourth-order valence-corrected chi connectivity index (χ4v) is 3.64. The first-order valence-corrected chi connectivity index (χ1v) is 11.1. The molecule has 0 spiro atoms. The summed E-state index contributed by atoms with van der Waals surface area (Å²) >= 11 is 4.30. The smallest absolute Gasteiger partial charge is 0.325 e. The zero-order valence-electron chi connectivity index (χ0n) is 19.0. The van der Waals surface area contributed by atoms with Crippen molar-refractivity contribution in [2.45, 2.75) is 5.25 Å². The molecule has 9 heteroatoms. The third kappa shape index (κ3) is 5.64. The third-order valence-corrected chi connectivity index (χ3v) is 5.68. The van der Waals surface area contributed by atoms with Crippen molar-refractivity contribution in [3.63, 3.8) is 0 Å². The number of nitrogens with one attached hydrogen (secondary N) is 2. The zero-order chi connectivity index (χ0) is 24.8. The van der Waals surface area contributed by atoms with E-state index in [2.05, 4.69) is 28.2 Å². The van der Waals surface area contributed by atoms with Gasteiger partial charge in [-0.25, -0.2) is 4.79 Å². The van der Waals surface area contributed by atoms with Crippen LogP contribution in [0.2, 0.25) is 0 Å². The fourth-order valence-electron chi connectivity index (χ4n) is 3.40. The molecular formula is C26H23N3O5S. The Morgan fingerprint density at radius 2 is 1.57 bits per heavy atom. The van der Waals surface area contributed by atoms with Gasteiger partial charge in [0.1, 0.15) is 16.7 Å². The Kier molecular flexibility index (Phi) is 7.37. The minimum absolute atomic E-state index is 0.490. The van der Waals surface area contributed by atoms with E-state index in [0.29, 0.717) is 39.8 Å². The first-order valence-electron chi connectivity index (χ1n) is 10.6. The zero-order valence-corrected chi connectivity index (χ0v) is 19.9. The quantitative estimate of drug-likeness (QED) is 0.302. The Labute approximate surface area is 207 Å². The van der Waals surface area contributed by atoms with Gasteiger partial charge < -0.3 is 19.5 Å². The molecular weight excluding hydrogens is 466 g/mol. The SMILES string of the molecule is COc1cc2nccc(Oc3ccc(NC(=O)NC(=O)C(S)c4ccccc4)cc3)c2cc1OC. The molecule has 1 heterocycles. The highest BCUT2D eigenvalue weighted by molar-refractivity contribution is 7.81. The van der Waals surface area contributed by atoms with E-state index in [1.165, 1.54) is 0 Å². The van der Waals surface area contributed by atoms with E-state index < -0.39 is 17.2 Å². The van der Waals surface area contributed by atoms with E-state index in [1.54, 1.807) is 87.1 Å². The van der Waals surface area contributed by atoms with Gasteiger partial charge in [-0.2, -0.15) is 12.6 Å². The highest BCUT2D eigenvalue weighted by atomic mass is 32.1. The van der Waals surface area contributed by atoms with Crippen LogP contribution in [0.25, 0.3) is 10.9 Å². The van der Waals surface area contributed by atoms with Gasteiger partial charge in [0.25, 0.3) is 0 Å². The molecule has 4 aromatic rings. The summed E-state index contributed by atoms with van der Waals surface area (Å²) in [6.07, 6.45) is 1.64. The lowest BCUT2D eigenvalue weighted by Gasteiger charge is -2.13. The number of hydrogen-bond acceptors (Lipinski definition) is 7. The maximum atomic E-state index is 12.3. The summed E-state index contributed by atoms with van der Waals surface area (Å²) in [6.45, 7) is 0. The molecule has 3 aromatic carbocycles. The molecule has 0 saturated carbocycles. The molecule has 0 aliphatic carbocycles. The number of carbonyl (C=O) groups is 2. The molecule has 0 fully saturated rings. The first-order chi connectivity index (χ1) is 17.0. The van der Waals surface area contributed by atoms with Crippen molar-refractivity contribution >= 4 is 41.2 Å². The molecule has 35 heavy (non-hydrogen) atoms. The second-order valence-corrected chi connectivity index (χ2v) is 7.93. The van der Waals surface area contributed by atoms with E-state index in [-0.39, 0.29) is 0 Å². The van der Waals surface area contributed by atoms with E-state index in [4.69, 9.17) is 14.2 Å². The molecule has 0 aliphatic rings. The highest BCUT2D eigenvalue weighted by Crippen LogP contribution is 2.37. The Hall–Kier alpha value is -4.24. The van der Waals surface area contributed by atoms with Crippen LogP contribution in [-0.4, -0.2) is 31.1 Å². The predicted octanol–water partition coefficient (Wildman–Crippen LogP) is 5.36. The largest absolute Gasteiger partial charge is 0.493 e. The Morgan fingerprint density at radius 1 is 0.886 bits per heavy atom. The summed E-state index contributed by atoms with van der Waals surface area (Å²) in [5.74, 6) is 1.75. The summed E-state index contributed by atoms with van der Waals surface area (Å²) in [5, 5.41) is 4.92. The maximum absolute atomic E-state index is 12.3. The lowest BCUT2D eigenvalue weighted by molar-refractivity contribution is -0.119. The van der Waals surface area contributed by atoms with Crippen LogP contribution in [0.1, 0.15) is 10.8 Å². The summed E-state index contributed by atoms with van der Waals surface area (Å²) in [4.78, 5) is 28.9. The first kappa shape index (κ1) is 23.9. The van der Waals surface area contributed by atoms with Crippen LogP contribution in [0, 0.1) is 0 Å². The van der Waals surface area contributed by atoms with Crippen LogP contribution >= 0.6 is 12.6 Å². The van der Waals surface area contributed by atoms with Gasteiger partial charge in [0.05, 0.1) is 19.7 Å². The van der Waals surface area contributed by atoms with Gasteiger partial charge in [0, 0.05) is 23.3 Å². The number of benzene rings is 3. The fraction of sp³-hybridized carbons (Fsp3) is 0.115. The van der Waals surface area contributed by atoms with E-state index >= 15 is 0 Å². The number of nitrogens with zero attached hydrogens (tertiary/aromatic N) is 1. The second-order valence-electron chi connectivity index (χ2n) is 7.42. The standard InChI is InChI=1S/C26H23N3O5S/c1-32-22-14-19-20(15-23(22)33-2)27-13-12-21(19)34-18-10-8-17(9-11-18)28-26(31)29-25(30)24(35)16-6-4-3-5-7-16/h3-15,24,35H,1-2H3,(H2,28,29,30,31). The minimum atomic E-state index is -0.758. The normalized spacial score (nSPS) is 11.4. The molecule has 4 rings (SSSR count). The van der Waals surface area contributed by atoms with Gasteiger partial charge in [0.15, 0.2) is 11.5 Å². The van der Waals surface area contributed by atoms with Gasteiger partial charge in [0.2, 0.25) is 5.91 Å². The van der Waals surface area contributed by atoms with Crippen LogP contribution in [0.15, 0.2) is 79.0 Å². The number of imide groups is 1. The molecule has 1 unspecified atom stereocenters. The van der Waals surface area contributed by atoms with E-state index in [9.17, 15) is 9.59 Å². The molecule has 0 bridgehead atoms. The van der Waals surface area contributed by atoms with Gasteiger partial charge in [-0.1, -0.05) is 30.3 Å². The summed E-state index contributed by atoms with van der Waals surface area (Å²) in [7, 11) is 3.13. The number of aromatic nitrogens is 1. The number of fused-ring (bicyclic) bond motifs is 1. The van der Waals surface area contributed by atoms with Gasteiger partial charge in [-0.15, -0.1) is 0 Å². The second kappa shape index (κ2) is 10.8. The van der Waals surface area contributed by atoms with Crippen molar-refractivity contribution in [2.75, 3.05) is 19.5 Å². The molecule has 8 nitrogen and oxygen atoms in total. The number of pyridine rings is 1. The predicted molar refractivity (Wildman–Crippen MR) is 137 cm³/mol. The maximum Gasteiger partial charge on any atom is 0.325 e.